The third-order valence-corrected chi connectivity index (χ3v) is 3.22. The molecule has 0 aliphatic rings. The predicted molar refractivity (Wildman–Crippen MR) is 75.3 cm³/mol. The van der Waals surface area contributed by atoms with Gasteiger partial charge in [-0.1, -0.05) is 25.1 Å². The van der Waals surface area contributed by atoms with E-state index in [1.54, 1.807) is 0 Å². The van der Waals surface area contributed by atoms with Crippen molar-refractivity contribution in [3.63, 3.8) is 0 Å². The second-order valence-corrected chi connectivity index (χ2v) is 4.38. The fourth-order valence-corrected chi connectivity index (χ4v) is 1.91. The summed E-state index contributed by atoms with van der Waals surface area (Å²) in [7, 11) is 0. The summed E-state index contributed by atoms with van der Waals surface area (Å²) in [5.74, 6) is 0.520. The molecule has 2 rings (SSSR count). The van der Waals surface area contributed by atoms with Gasteiger partial charge >= 0.3 is 0 Å². The first-order valence-corrected chi connectivity index (χ1v) is 6.26. The molecule has 2 aromatic rings. The third kappa shape index (κ3) is 2.55. The predicted octanol–water partition coefficient (Wildman–Crippen LogP) is 3.27. The average molecular weight is 252 g/mol. The normalized spacial score (nSPS) is 10.0. The van der Waals surface area contributed by atoms with Gasteiger partial charge in [0.15, 0.2) is 5.82 Å². The van der Waals surface area contributed by atoms with Crippen LogP contribution in [-0.2, 0) is 6.42 Å². The number of nitrogens with one attached hydrogen (secondary N) is 1. The molecular weight excluding hydrogens is 236 g/mol. The molecule has 0 saturated carbocycles. The Morgan fingerprint density at radius 1 is 1.21 bits per heavy atom. The number of aryl methyl sites for hydroxylation is 2. The lowest BCUT2D eigenvalue weighted by atomic mass is 10.1. The summed E-state index contributed by atoms with van der Waals surface area (Å²) in [6, 6.07) is 10.2. The largest absolute Gasteiger partial charge is 0.337 e. The number of benzene rings is 1. The monoisotopic (exact) mass is 252 g/mol. The van der Waals surface area contributed by atoms with Crippen molar-refractivity contribution in [1.29, 1.82) is 5.26 Å². The Hall–Kier alpha value is -2.41. The number of hydrogen-bond acceptors (Lipinski definition) is 4. The van der Waals surface area contributed by atoms with E-state index in [1.807, 2.05) is 32.0 Å². The molecular formula is C15H16N4. The summed E-state index contributed by atoms with van der Waals surface area (Å²) in [5, 5.41) is 20.7. The lowest BCUT2D eigenvalue weighted by Crippen LogP contribution is -2.04. The van der Waals surface area contributed by atoms with Crippen LogP contribution in [-0.4, -0.2) is 10.2 Å². The molecule has 0 spiro atoms. The minimum Gasteiger partial charge on any atom is -0.337 e. The van der Waals surface area contributed by atoms with Gasteiger partial charge in [-0.2, -0.15) is 10.4 Å². The maximum absolute atomic E-state index is 9.27. The molecule has 0 bridgehead atoms. The molecule has 1 heterocycles. The van der Waals surface area contributed by atoms with E-state index in [1.165, 1.54) is 5.56 Å². The molecule has 0 saturated heterocycles. The molecule has 0 fully saturated rings. The molecule has 0 atom stereocenters. The van der Waals surface area contributed by atoms with E-state index < -0.39 is 0 Å². The lowest BCUT2D eigenvalue weighted by molar-refractivity contribution is 0.959. The van der Waals surface area contributed by atoms with Crippen LogP contribution in [0.15, 0.2) is 24.3 Å². The Labute approximate surface area is 113 Å². The quantitative estimate of drug-likeness (QED) is 0.910. The lowest BCUT2D eigenvalue weighted by Gasteiger charge is -2.12. The van der Waals surface area contributed by atoms with Gasteiger partial charge in [0.25, 0.3) is 0 Å². The van der Waals surface area contributed by atoms with Gasteiger partial charge in [0, 0.05) is 5.69 Å². The molecule has 1 aromatic carbocycles. The van der Waals surface area contributed by atoms with Gasteiger partial charge < -0.3 is 5.32 Å². The zero-order valence-corrected chi connectivity index (χ0v) is 11.4. The first-order valence-electron chi connectivity index (χ1n) is 6.26. The maximum Gasteiger partial charge on any atom is 0.171 e. The van der Waals surface area contributed by atoms with Gasteiger partial charge in [-0.25, -0.2) is 0 Å². The second kappa shape index (κ2) is 5.49. The highest BCUT2D eigenvalue weighted by Crippen LogP contribution is 2.24. The van der Waals surface area contributed by atoms with Crippen LogP contribution in [0.1, 0.15) is 29.3 Å². The second-order valence-electron chi connectivity index (χ2n) is 4.38. The fourth-order valence-electron chi connectivity index (χ4n) is 1.91. The highest BCUT2D eigenvalue weighted by Gasteiger charge is 2.11. The number of para-hydroxylation sites is 1. The van der Waals surface area contributed by atoms with Crippen LogP contribution in [0.25, 0.3) is 0 Å². The highest BCUT2D eigenvalue weighted by atomic mass is 15.2. The average Bonchev–Trinajstić information content (AvgIpc) is 2.44. The molecule has 0 amide bonds. The Bertz CT molecular complexity index is 641. The third-order valence-electron chi connectivity index (χ3n) is 3.22. The summed E-state index contributed by atoms with van der Waals surface area (Å²) >= 11 is 0. The number of nitrogens with zero attached hydrogens (tertiary/aromatic N) is 3. The first kappa shape index (κ1) is 13.0. The summed E-state index contributed by atoms with van der Waals surface area (Å²) < 4.78 is 0. The van der Waals surface area contributed by atoms with Crippen LogP contribution < -0.4 is 5.32 Å². The molecule has 4 heteroatoms. The Balaban J connectivity index is 2.45. The molecule has 4 nitrogen and oxygen atoms in total. The van der Waals surface area contributed by atoms with Gasteiger partial charge in [0.2, 0.25) is 0 Å². The van der Waals surface area contributed by atoms with Crippen molar-refractivity contribution in [2.45, 2.75) is 27.2 Å². The van der Waals surface area contributed by atoms with Crippen LogP contribution >= 0.6 is 0 Å². The summed E-state index contributed by atoms with van der Waals surface area (Å²) in [4.78, 5) is 0. The van der Waals surface area contributed by atoms with Crippen LogP contribution in [0.5, 0.6) is 0 Å². The van der Waals surface area contributed by atoms with Crippen molar-refractivity contribution in [2.24, 2.45) is 0 Å². The zero-order valence-electron chi connectivity index (χ0n) is 11.4. The molecule has 0 unspecified atom stereocenters. The standard InChI is InChI=1S/C15H16N4/c1-4-12-7-5-6-8-14(12)17-15-13(9-16)10(2)11(3)18-19-15/h5-8H,4H2,1-3H3,(H,17,19). The highest BCUT2D eigenvalue weighted by molar-refractivity contribution is 5.66. The summed E-state index contributed by atoms with van der Waals surface area (Å²) in [6.45, 7) is 5.84. The van der Waals surface area contributed by atoms with Crippen molar-refractivity contribution in [3.05, 3.63) is 46.6 Å². The number of rotatable bonds is 3. The van der Waals surface area contributed by atoms with Crippen molar-refractivity contribution in [1.82, 2.24) is 10.2 Å². The smallest absolute Gasteiger partial charge is 0.171 e. The van der Waals surface area contributed by atoms with Gasteiger partial charge in [0.05, 0.1) is 5.69 Å². The molecule has 96 valence electrons. The number of aromatic nitrogens is 2. The van der Waals surface area contributed by atoms with Crippen LogP contribution in [0.3, 0.4) is 0 Å². The van der Waals surface area contributed by atoms with E-state index >= 15 is 0 Å². The number of nitriles is 1. The van der Waals surface area contributed by atoms with Crippen LogP contribution in [0.4, 0.5) is 11.5 Å². The fraction of sp³-hybridized carbons (Fsp3) is 0.267. The van der Waals surface area contributed by atoms with Crippen molar-refractivity contribution in [3.8, 4) is 6.07 Å². The maximum atomic E-state index is 9.27. The van der Waals surface area contributed by atoms with E-state index in [2.05, 4.69) is 34.6 Å². The van der Waals surface area contributed by atoms with E-state index in [-0.39, 0.29) is 0 Å². The van der Waals surface area contributed by atoms with E-state index in [4.69, 9.17) is 0 Å². The van der Waals surface area contributed by atoms with Crippen LogP contribution in [0, 0.1) is 25.2 Å². The van der Waals surface area contributed by atoms with Gasteiger partial charge in [-0.05, 0) is 37.5 Å². The molecule has 0 aliphatic heterocycles. The Morgan fingerprint density at radius 2 is 1.95 bits per heavy atom. The first-order chi connectivity index (χ1) is 9.17. The summed E-state index contributed by atoms with van der Waals surface area (Å²) in [6.07, 6.45) is 0.920. The van der Waals surface area contributed by atoms with Crippen molar-refractivity contribution in [2.75, 3.05) is 5.32 Å². The summed E-state index contributed by atoms with van der Waals surface area (Å²) in [5.41, 5.74) is 4.36. The molecule has 1 N–H and O–H groups in total. The van der Waals surface area contributed by atoms with Gasteiger partial charge in [-0.3, -0.25) is 0 Å². The SMILES string of the molecule is CCc1ccccc1Nc1nnc(C)c(C)c1C#N. The number of anilines is 2. The van der Waals surface area contributed by atoms with Gasteiger partial charge in [0.1, 0.15) is 11.6 Å². The minimum atomic E-state index is 0.520. The van der Waals surface area contributed by atoms with E-state index in [0.717, 1.165) is 23.4 Å². The van der Waals surface area contributed by atoms with Crippen LogP contribution in [0.2, 0.25) is 0 Å². The van der Waals surface area contributed by atoms with Crippen molar-refractivity contribution >= 4 is 11.5 Å². The Morgan fingerprint density at radius 3 is 2.63 bits per heavy atom. The van der Waals surface area contributed by atoms with E-state index in [9.17, 15) is 5.26 Å². The van der Waals surface area contributed by atoms with E-state index in [0.29, 0.717) is 11.4 Å². The molecule has 0 radical (unpaired) electrons. The topological polar surface area (TPSA) is 61.6 Å². The zero-order chi connectivity index (χ0) is 13.8. The minimum absolute atomic E-state index is 0.520. The molecule has 19 heavy (non-hydrogen) atoms. The molecule has 1 aromatic heterocycles. The molecule has 0 aliphatic carbocycles. The number of hydrogen-bond donors (Lipinski definition) is 1. The van der Waals surface area contributed by atoms with Gasteiger partial charge in [-0.15, -0.1) is 5.10 Å². The Kier molecular flexibility index (Phi) is 3.76. The van der Waals surface area contributed by atoms with Crippen molar-refractivity contribution < 1.29 is 0 Å².